The van der Waals surface area contributed by atoms with Gasteiger partial charge >= 0.3 is 12.3 Å². The summed E-state index contributed by atoms with van der Waals surface area (Å²) >= 11 is 0. The molecule has 0 radical (unpaired) electrons. The Labute approximate surface area is 140 Å². The van der Waals surface area contributed by atoms with E-state index >= 15 is 0 Å². The Bertz CT molecular complexity index is 715. The molecule has 0 aliphatic carbocycles. The maximum absolute atomic E-state index is 12.2. The van der Waals surface area contributed by atoms with Gasteiger partial charge in [0, 0.05) is 12.4 Å². The number of aromatic nitrogens is 2. The molecule has 0 fully saturated rings. The second-order valence-electron chi connectivity index (χ2n) is 5.04. The topological polar surface area (TPSA) is 93.5 Å². The van der Waals surface area contributed by atoms with Gasteiger partial charge in [0.25, 0.3) is 0 Å². The van der Waals surface area contributed by atoms with Gasteiger partial charge in [-0.3, -0.25) is 14.3 Å². The predicted octanol–water partition coefficient (Wildman–Crippen LogP) is 2.11. The molecule has 2 rings (SSSR count). The number of ether oxygens (including phenoxy) is 1. The summed E-state index contributed by atoms with van der Waals surface area (Å²) in [7, 11) is 0. The third kappa shape index (κ3) is 6.16. The number of hydrogen-bond acceptors (Lipinski definition) is 4. The Kier molecular flexibility index (Phi) is 5.63. The van der Waals surface area contributed by atoms with E-state index < -0.39 is 36.5 Å². The molecule has 2 N–H and O–H groups in total. The Hall–Kier alpha value is -3.04. The molecule has 1 aromatic heterocycles. The number of halogens is 3. The molecule has 0 bridgehead atoms. The lowest BCUT2D eigenvalue weighted by atomic mass is 10.0. The summed E-state index contributed by atoms with van der Waals surface area (Å²) < 4.78 is 41.6. The fourth-order valence-corrected chi connectivity index (χ4v) is 2.11. The van der Waals surface area contributed by atoms with Gasteiger partial charge in [0.15, 0.2) is 0 Å². The van der Waals surface area contributed by atoms with Crippen LogP contribution in [0, 0.1) is 0 Å². The van der Waals surface area contributed by atoms with Gasteiger partial charge in [-0.1, -0.05) is 12.1 Å². The molecule has 1 aromatic carbocycles. The standard InChI is InChI=1S/C15H14F3N3O4/c16-15(17,18)25-11-4-2-10(3-5-11)12(8-14(23)24)20-13(22)9-21-7-1-6-19-21/h1-7,12H,8-9H2,(H,20,22)(H,23,24). The molecular formula is C15H14F3N3O4. The van der Waals surface area contributed by atoms with Crippen LogP contribution >= 0.6 is 0 Å². The number of aliphatic carboxylic acids is 1. The SMILES string of the molecule is O=C(O)CC(NC(=O)Cn1cccn1)c1ccc(OC(F)(F)F)cc1. The van der Waals surface area contributed by atoms with Crippen LogP contribution in [0.2, 0.25) is 0 Å². The third-order valence-electron chi connectivity index (χ3n) is 3.09. The van der Waals surface area contributed by atoms with Crippen molar-refractivity contribution in [1.82, 2.24) is 15.1 Å². The summed E-state index contributed by atoms with van der Waals surface area (Å²) in [5.41, 5.74) is 0.339. The highest BCUT2D eigenvalue weighted by Gasteiger charge is 2.31. The first kappa shape index (κ1) is 18.3. The highest BCUT2D eigenvalue weighted by molar-refractivity contribution is 5.77. The van der Waals surface area contributed by atoms with E-state index in [0.29, 0.717) is 5.56 Å². The van der Waals surface area contributed by atoms with Crippen molar-refractivity contribution in [3.05, 3.63) is 48.3 Å². The number of rotatable bonds is 7. The maximum atomic E-state index is 12.2. The van der Waals surface area contributed by atoms with Crippen molar-refractivity contribution in [2.45, 2.75) is 25.4 Å². The van der Waals surface area contributed by atoms with Crippen molar-refractivity contribution in [1.29, 1.82) is 0 Å². The zero-order chi connectivity index (χ0) is 18.4. The number of nitrogens with one attached hydrogen (secondary N) is 1. The van der Waals surface area contributed by atoms with E-state index in [1.54, 1.807) is 12.3 Å². The average Bonchev–Trinajstić information content (AvgIpc) is 2.98. The molecule has 1 amide bonds. The molecule has 1 atom stereocenters. The summed E-state index contributed by atoms with van der Waals surface area (Å²) in [5, 5.41) is 15.4. The highest BCUT2D eigenvalue weighted by Crippen LogP contribution is 2.25. The van der Waals surface area contributed by atoms with Crippen LogP contribution in [0.3, 0.4) is 0 Å². The predicted molar refractivity (Wildman–Crippen MR) is 78.5 cm³/mol. The summed E-state index contributed by atoms with van der Waals surface area (Å²) in [6.45, 7) is -0.113. The number of nitrogens with zero attached hydrogens (tertiary/aromatic N) is 2. The molecule has 2 aromatic rings. The van der Waals surface area contributed by atoms with Gasteiger partial charge in [-0.25, -0.2) is 0 Å². The molecule has 1 heterocycles. The van der Waals surface area contributed by atoms with Gasteiger partial charge in [0.05, 0.1) is 12.5 Å². The quantitative estimate of drug-likeness (QED) is 0.792. The second kappa shape index (κ2) is 7.69. The van der Waals surface area contributed by atoms with E-state index in [4.69, 9.17) is 5.11 Å². The van der Waals surface area contributed by atoms with Crippen molar-refractivity contribution in [2.75, 3.05) is 0 Å². The Balaban J connectivity index is 2.08. The van der Waals surface area contributed by atoms with Crippen LogP contribution in [0.15, 0.2) is 42.7 Å². The molecule has 0 spiro atoms. The van der Waals surface area contributed by atoms with E-state index in [1.165, 1.54) is 23.0 Å². The van der Waals surface area contributed by atoms with Crippen LogP contribution in [0.4, 0.5) is 13.2 Å². The highest BCUT2D eigenvalue weighted by atomic mass is 19.4. The first-order valence-electron chi connectivity index (χ1n) is 7.07. The minimum absolute atomic E-state index is 0.113. The van der Waals surface area contributed by atoms with Gasteiger partial charge in [-0.15, -0.1) is 13.2 Å². The average molecular weight is 357 g/mol. The van der Waals surface area contributed by atoms with Gasteiger partial charge in [0.2, 0.25) is 5.91 Å². The lowest BCUT2D eigenvalue weighted by molar-refractivity contribution is -0.274. The second-order valence-corrected chi connectivity index (χ2v) is 5.04. The number of benzene rings is 1. The number of hydrogen-bond donors (Lipinski definition) is 2. The van der Waals surface area contributed by atoms with Gasteiger partial charge in [-0.05, 0) is 23.8 Å². The maximum Gasteiger partial charge on any atom is 0.573 e. The van der Waals surface area contributed by atoms with Crippen LogP contribution in [-0.2, 0) is 16.1 Å². The lowest BCUT2D eigenvalue weighted by Gasteiger charge is -2.18. The molecule has 0 saturated carbocycles. The van der Waals surface area contributed by atoms with Crippen molar-refractivity contribution < 1.29 is 32.6 Å². The van der Waals surface area contributed by atoms with E-state index in [1.807, 2.05) is 0 Å². The molecule has 25 heavy (non-hydrogen) atoms. The number of carbonyl (C=O) groups is 2. The molecule has 0 saturated heterocycles. The van der Waals surface area contributed by atoms with Crippen LogP contribution in [0.5, 0.6) is 5.75 Å². The minimum atomic E-state index is -4.82. The van der Waals surface area contributed by atoms with Gasteiger partial charge in [-0.2, -0.15) is 5.10 Å². The van der Waals surface area contributed by atoms with E-state index in [9.17, 15) is 22.8 Å². The van der Waals surface area contributed by atoms with Crippen LogP contribution in [-0.4, -0.2) is 33.1 Å². The van der Waals surface area contributed by atoms with Crippen molar-refractivity contribution >= 4 is 11.9 Å². The molecule has 7 nitrogen and oxygen atoms in total. The first-order valence-corrected chi connectivity index (χ1v) is 7.07. The summed E-state index contributed by atoms with van der Waals surface area (Å²) in [6, 6.07) is 5.36. The van der Waals surface area contributed by atoms with E-state index in [2.05, 4.69) is 15.2 Å². The lowest BCUT2D eigenvalue weighted by Crippen LogP contribution is -2.33. The monoisotopic (exact) mass is 357 g/mol. The van der Waals surface area contributed by atoms with Crippen LogP contribution in [0.25, 0.3) is 0 Å². The first-order chi connectivity index (χ1) is 11.7. The number of carbonyl (C=O) groups excluding carboxylic acids is 1. The van der Waals surface area contributed by atoms with Crippen LogP contribution < -0.4 is 10.1 Å². The van der Waals surface area contributed by atoms with Crippen LogP contribution in [0.1, 0.15) is 18.0 Å². The normalized spacial score (nSPS) is 12.4. The van der Waals surface area contributed by atoms with Gasteiger partial charge in [0.1, 0.15) is 12.3 Å². The molecule has 10 heteroatoms. The van der Waals surface area contributed by atoms with Crippen molar-refractivity contribution in [2.24, 2.45) is 0 Å². The number of carboxylic acid groups (broad SMARTS) is 1. The third-order valence-corrected chi connectivity index (χ3v) is 3.09. The fourth-order valence-electron chi connectivity index (χ4n) is 2.11. The summed E-state index contributed by atoms with van der Waals surface area (Å²) in [4.78, 5) is 23.0. The van der Waals surface area contributed by atoms with E-state index in [0.717, 1.165) is 12.1 Å². The Morgan fingerprint density at radius 1 is 1.28 bits per heavy atom. The van der Waals surface area contributed by atoms with Crippen molar-refractivity contribution in [3.8, 4) is 5.75 Å². The minimum Gasteiger partial charge on any atom is -0.481 e. The summed E-state index contributed by atoms with van der Waals surface area (Å²) in [5.74, 6) is -2.08. The number of amides is 1. The Morgan fingerprint density at radius 2 is 1.96 bits per heavy atom. The molecule has 1 unspecified atom stereocenters. The smallest absolute Gasteiger partial charge is 0.481 e. The number of alkyl halides is 3. The summed E-state index contributed by atoms with van der Waals surface area (Å²) in [6.07, 6.45) is -2.19. The van der Waals surface area contributed by atoms with Crippen molar-refractivity contribution in [3.63, 3.8) is 0 Å². The molecular weight excluding hydrogens is 343 g/mol. The molecule has 134 valence electrons. The van der Waals surface area contributed by atoms with E-state index in [-0.39, 0.29) is 6.54 Å². The molecule has 0 aliphatic rings. The largest absolute Gasteiger partial charge is 0.573 e. The zero-order valence-corrected chi connectivity index (χ0v) is 12.7. The fraction of sp³-hybridized carbons (Fsp3) is 0.267. The molecule has 0 aliphatic heterocycles. The Morgan fingerprint density at radius 3 is 2.48 bits per heavy atom. The zero-order valence-electron chi connectivity index (χ0n) is 12.7. The number of carboxylic acids is 1. The van der Waals surface area contributed by atoms with Gasteiger partial charge < -0.3 is 15.2 Å².